The predicted octanol–water partition coefficient (Wildman–Crippen LogP) is 6.91. The SMILES string of the molecule is Cc1ccc(S(=O)(=O)OCC(C)(COCc2cc(C(F)(F)F)cc(C(F)(F)F)c2)c2ccccc2)cc1. The van der Waals surface area contributed by atoms with Gasteiger partial charge in [0, 0.05) is 5.41 Å². The van der Waals surface area contributed by atoms with Crippen LogP contribution < -0.4 is 0 Å². The summed E-state index contributed by atoms with van der Waals surface area (Å²) in [5, 5.41) is 0. The van der Waals surface area contributed by atoms with Gasteiger partial charge in [0.1, 0.15) is 0 Å². The maximum Gasteiger partial charge on any atom is 0.416 e. The Morgan fingerprint density at radius 3 is 1.78 bits per heavy atom. The van der Waals surface area contributed by atoms with Crippen molar-refractivity contribution in [1.29, 1.82) is 0 Å². The topological polar surface area (TPSA) is 52.6 Å². The van der Waals surface area contributed by atoms with Crippen LogP contribution in [-0.4, -0.2) is 21.6 Å². The van der Waals surface area contributed by atoms with Crippen LogP contribution in [0.15, 0.2) is 77.7 Å². The molecular formula is C26H24F6O4S. The quantitative estimate of drug-likeness (QED) is 0.216. The predicted molar refractivity (Wildman–Crippen MR) is 124 cm³/mol. The highest BCUT2D eigenvalue weighted by Gasteiger charge is 2.37. The zero-order valence-corrected chi connectivity index (χ0v) is 20.7. The molecule has 0 heterocycles. The van der Waals surface area contributed by atoms with Gasteiger partial charge in [-0.3, -0.25) is 4.18 Å². The van der Waals surface area contributed by atoms with Gasteiger partial charge in [0.05, 0.1) is 35.8 Å². The van der Waals surface area contributed by atoms with Crippen LogP contribution in [0, 0.1) is 6.92 Å². The average molecular weight is 547 g/mol. The molecule has 0 aromatic heterocycles. The molecule has 11 heteroatoms. The van der Waals surface area contributed by atoms with E-state index in [1.54, 1.807) is 56.3 Å². The maximum atomic E-state index is 13.2. The first-order valence-corrected chi connectivity index (χ1v) is 12.4. The molecule has 0 amide bonds. The van der Waals surface area contributed by atoms with E-state index in [-0.39, 0.29) is 29.7 Å². The van der Waals surface area contributed by atoms with E-state index < -0.39 is 45.6 Å². The second-order valence-corrected chi connectivity index (χ2v) is 10.5. The van der Waals surface area contributed by atoms with Crippen LogP contribution in [0.3, 0.4) is 0 Å². The lowest BCUT2D eigenvalue weighted by Crippen LogP contribution is -2.35. The fraction of sp³-hybridized carbons (Fsp3) is 0.308. The summed E-state index contributed by atoms with van der Waals surface area (Å²) >= 11 is 0. The molecular weight excluding hydrogens is 522 g/mol. The van der Waals surface area contributed by atoms with Crippen LogP contribution in [0.5, 0.6) is 0 Å². The van der Waals surface area contributed by atoms with Gasteiger partial charge in [-0.1, -0.05) is 55.0 Å². The molecule has 0 spiro atoms. The first-order valence-electron chi connectivity index (χ1n) is 11.0. The summed E-state index contributed by atoms with van der Waals surface area (Å²) in [7, 11) is -4.14. The van der Waals surface area contributed by atoms with Crippen molar-refractivity contribution in [3.63, 3.8) is 0 Å². The van der Waals surface area contributed by atoms with Gasteiger partial charge in [0.25, 0.3) is 10.1 Å². The van der Waals surface area contributed by atoms with E-state index in [0.717, 1.165) is 5.56 Å². The highest BCUT2D eigenvalue weighted by Crippen LogP contribution is 2.36. The summed E-state index contributed by atoms with van der Waals surface area (Å²) in [4.78, 5) is -0.0573. The maximum absolute atomic E-state index is 13.2. The Kier molecular flexibility index (Phi) is 8.40. The monoisotopic (exact) mass is 546 g/mol. The number of aryl methyl sites for hydroxylation is 1. The normalized spacial score (nSPS) is 14.4. The molecule has 1 atom stereocenters. The second kappa shape index (κ2) is 10.8. The third-order valence-corrected chi connectivity index (χ3v) is 6.93. The number of benzene rings is 3. The van der Waals surface area contributed by atoms with Crippen LogP contribution in [-0.2, 0) is 43.4 Å². The van der Waals surface area contributed by atoms with Gasteiger partial charge in [0.2, 0.25) is 0 Å². The molecule has 0 aliphatic carbocycles. The van der Waals surface area contributed by atoms with Crippen molar-refractivity contribution < 1.29 is 43.7 Å². The Balaban J connectivity index is 1.82. The molecule has 3 rings (SSSR count). The third kappa shape index (κ3) is 7.56. The molecule has 0 N–H and O–H groups in total. The minimum absolute atomic E-state index is 0.0430. The molecule has 0 aliphatic rings. The number of hydrogen-bond donors (Lipinski definition) is 0. The molecule has 0 radical (unpaired) electrons. The zero-order chi connectivity index (χ0) is 27.5. The minimum atomic E-state index is -4.98. The highest BCUT2D eigenvalue weighted by atomic mass is 32.2. The van der Waals surface area contributed by atoms with Crippen molar-refractivity contribution >= 4 is 10.1 Å². The van der Waals surface area contributed by atoms with Crippen LogP contribution >= 0.6 is 0 Å². The van der Waals surface area contributed by atoms with Crippen molar-refractivity contribution in [2.24, 2.45) is 0 Å². The van der Waals surface area contributed by atoms with Crippen LogP contribution in [0.2, 0.25) is 0 Å². The lowest BCUT2D eigenvalue weighted by Gasteiger charge is -2.29. The van der Waals surface area contributed by atoms with Crippen molar-refractivity contribution in [3.05, 3.63) is 101 Å². The summed E-state index contributed by atoms with van der Waals surface area (Å²) < 4.78 is 115. The molecule has 4 nitrogen and oxygen atoms in total. The molecule has 3 aromatic rings. The molecule has 0 aliphatic heterocycles. The fourth-order valence-electron chi connectivity index (χ4n) is 3.53. The van der Waals surface area contributed by atoms with Crippen LogP contribution in [0.25, 0.3) is 0 Å². The number of ether oxygens (including phenoxy) is 1. The Labute approximate surface area is 211 Å². The van der Waals surface area contributed by atoms with E-state index in [1.807, 2.05) is 0 Å². The molecule has 0 saturated heterocycles. The first-order chi connectivity index (χ1) is 17.1. The van der Waals surface area contributed by atoms with Crippen molar-refractivity contribution in [2.45, 2.75) is 43.1 Å². The summed E-state index contributed by atoms with van der Waals surface area (Å²) in [6.07, 6.45) is -9.96. The summed E-state index contributed by atoms with van der Waals surface area (Å²) in [6.45, 7) is 2.21. The highest BCUT2D eigenvalue weighted by molar-refractivity contribution is 7.86. The van der Waals surface area contributed by atoms with E-state index in [9.17, 15) is 34.8 Å². The smallest absolute Gasteiger partial charge is 0.376 e. The Hall–Kier alpha value is -2.89. The second-order valence-electron chi connectivity index (χ2n) is 8.86. The van der Waals surface area contributed by atoms with Crippen LogP contribution in [0.4, 0.5) is 26.3 Å². The van der Waals surface area contributed by atoms with E-state index in [2.05, 4.69) is 0 Å². The number of alkyl halides is 6. The van der Waals surface area contributed by atoms with E-state index in [4.69, 9.17) is 8.92 Å². The van der Waals surface area contributed by atoms with Gasteiger partial charge in [-0.25, -0.2) is 0 Å². The number of hydrogen-bond acceptors (Lipinski definition) is 4. The molecule has 0 bridgehead atoms. The summed E-state index contributed by atoms with van der Waals surface area (Å²) in [6, 6.07) is 15.8. The fourth-order valence-corrected chi connectivity index (χ4v) is 4.55. The number of halogens is 6. The van der Waals surface area contributed by atoms with Gasteiger partial charge in [-0.2, -0.15) is 34.8 Å². The van der Waals surface area contributed by atoms with Gasteiger partial charge >= 0.3 is 12.4 Å². The third-order valence-electron chi connectivity index (χ3n) is 5.65. The standard InChI is InChI=1S/C26H24F6O4S/c1-18-8-10-23(11-9-18)37(33,34)36-17-24(2,20-6-4-3-5-7-20)16-35-15-19-12-21(25(27,28)29)14-22(13-19)26(30,31)32/h3-14H,15-17H2,1-2H3. The molecule has 3 aromatic carbocycles. The van der Waals surface area contributed by atoms with E-state index in [1.165, 1.54) is 12.1 Å². The zero-order valence-electron chi connectivity index (χ0n) is 19.9. The Bertz CT molecular complexity index is 1270. The molecule has 37 heavy (non-hydrogen) atoms. The largest absolute Gasteiger partial charge is 0.416 e. The van der Waals surface area contributed by atoms with Crippen molar-refractivity contribution in [2.75, 3.05) is 13.2 Å². The Morgan fingerprint density at radius 1 is 0.730 bits per heavy atom. The summed E-state index contributed by atoms with van der Waals surface area (Å²) in [5.41, 5.74) is -2.86. The lowest BCUT2D eigenvalue weighted by atomic mass is 9.84. The van der Waals surface area contributed by atoms with E-state index >= 15 is 0 Å². The van der Waals surface area contributed by atoms with Gasteiger partial charge in [0.15, 0.2) is 0 Å². The van der Waals surface area contributed by atoms with E-state index in [0.29, 0.717) is 17.7 Å². The van der Waals surface area contributed by atoms with Gasteiger partial charge < -0.3 is 4.74 Å². The molecule has 1 unspecified atom stereocenters. The summed E-state index contributed by atoms with van der Waals surface area (Å²) in [5.74, 6) is 0. The average Bonchev–Trinajstić information content (AvgIpc) is 2.82. The van der Waals surface area contributed by atoms with Gasteiger partial charge in [-0.15, -0.1) is 0 Å². The van der Waals surface area contributed by atoms with Crippen molar-refractivity contribution in [1.82, 2.24) is 0 Å². The Morgan fingerprint density at radius 2 is 1.27 bits per heavy atom. The molecule has 200 valence electrons. The van der Waals surface area contributed by atoms with Crippen LogP contribution in [0.1, 0.15) is 34.7 Å². The first kappa shape index (κ1) is 28.7. The molecule has 0 fully saturated rings. The minimum Gasteiger partial charge on any atom is -0.376 e. The molecule has 0 saturated carbocycles. The van der Waals surface area contributed by atoms with Gasteiger partial charge in [-0.05, 0) is 48.4 Å². The number of rotatable bonds is 9. The lowest BCUT2D eigenvalue weighted by molar-refractivity contribution is -0.143. The van der Waals surface area contributed by atoms with Crippen molar-refractivity contribution in [3.8, 4) is 0 Å².